The maximum Gasteiger partial charge on any atom is 0.320 e. The van der Waals surface area contributed by atoms with Crippen LogP contribution in [0.15, 0.2) is 29.2 Å². The molecule has 0 aliphatic carbocycles. The van der Waals surface area contributed by atoms with Gasteiger partial charge in [-0.2, -0.15) is 0 Å². The summed E-state index contributed by atoms with van der Waals surface area (Å²) in [7, 11) is -3.48. The average molecular weight is 285 g/mol. The van der Waals surface area contributed by atoms with Gasteiger partial charge in [-0.15, -0.1) is 0 Å². The van der Waals surface area contributed by atoms with E-state index in [1.165, 1.54) is 6.07 Å². The van der Waals surface area contributed by atoms with Crippen LogP contribution in [0.2, 0.25) is 0 Å². The molecule has 2 rings (SSSR count). The highest BCUT2D eigenvalue weighted by Gasteiger charge is 2.35. The Morgan fingerprint density at radius 2 is 2.05 bits per heavy atom. The van der Waals surface area contributed by atoms with Gasteiger partial charge < -0.3 is 15.6 Å². The summed E-state index contributed by atoms with van der Waals surface area (Å²) in [4.78, 5) is 10.9. The predicted molar refractivity (Wildman–Crippen MR) is 67.6 cm³/mol. The van der Waals surface area contributed by atoms with Crippen molar-refractivity contribution in [3.63, 3.8) is 0 Å². The van der Waals surface area contributed by atoms with Gasteiger partial charge in [-0.1, -0.05) is 18.2 Å². The Morgan fingerprint density at radius 1 is 1.42 bits per heavy atom. The maximum atomic E-state index is 12.3. The van der Waals surface area contributed by atoms with E-state index in [-0.39, 0.29) is 24.5 Å². The summed E-state index contributed by atoms with van der Waals surface area (Å²) >= 11 is 0. The molecule has 19 heavy (non-hydrogen) atoms. The molecule has 104 valence electrons. The highest BCUT2D eigenvalue weighted by atomic mass is 32.2. The van der Waals surface area contributed by atoms with Crippen LogP contribution in [-0.2, 0) is 25.8 Å². The minimum absolute atomic E-state index is 0.0156. The average Bonchev–Trinajstić information content (AvgIpc) is 2.26. The minimum Gasteiger partial charge on any atom is -0.480 e. The third-order valence-electron chi connectivity index (χ3n) is 3.08. The van der Waals surface area contributed by atoms with Crippen LogP contribution in [0.5, 0.6) is 0 Å². The molecule has 0 spiro atoms. The van der Waals surface area contributed by atoms with Gasteiger partial charge in [0, 0.05) is 0 Å². The first-order chi connectivity index (χ1) is 8.93. The van der Waals surface area contributed by atoms with Gasteiger partial charge in [0.05, 0.1) is 18.1 Å². The van der Waals surface area contributed by atoms with Crippen molar-refractivity contribution in [2.45, 2.75) is 22.6 Å². The van der Waals surface area contributed by atoms with Crippen molar-refractivity contribution >= 4 is 15.8 Å². The summed E-state index contributed by atoms with van der Waals surface area (Å²) in [6, 6.07) is 5.24. The van der Waals surface area contributed by atoms with Gasteiger partial charge in [-0.05, 0) is 18.1 Å². The first-order valence-corrected chi connectivity index (χ1v) is 7.35. The molecule has 3 N–H and O–H groups in total. The van der Waals surface area contributed by atoms with E-state index in [4.69, 9.17) is 15.6 Å². The van der Waals surface area contributed by atoms with E-state index in [0.717, 1.165) is 0 Å². The summed E-state index contributed by atoms with van der Waals surface area (Å²) in [5.41, 5.74) is 5.90. The quantitative estimate of drug-likeness (QED) is 0.777. The van der Waals surface area contributed by atoms with Crippen molar-refractivity contribution in [2.24, 2.45) is 5.73 Å². The predicted octanol–water partition coefficient (Wildman–Crippen LogP) is -0.186. The number of hydrogen-bond donors (Lipinski definition) is 2. The number of hydrogen-bond acceptors (Lipinski definition) is 5. The van der Waals surface area contributed by atoms with E-state index in [1.807, 2.05) is 0 Å². The second kappa shape index (κ2) is 5.28. The molecule has 1 aromatic rings. The number of aliphatic carboxylic acids is 1. The van der Waals surface area contributed by atoms with E-state index in [0.29, 0.717) is 5.56 Å². The van der Waals surface area contributed by atoms with Crippen LogP contribution in [0, 0.1) is 0 Å². The molecule has 1 heterocycles. The van der Waals surface area contributed by atoms with E-state index >= 15 is 0 Å². The molecule has 1 unspecified atom stereocenters. The van der Waals surface area contributed by atoms with Crippen LogP contribution < -0.4 is 5.73 Å². The SMILES string of the molecule is NC(Cc1ccccc1S(=O)(=O)C1COC1)C(=O)O. The van der Waals surface area contributed by atoms with E-state index < -0.39 is 27.1 Å². The van der Waals surface area contributed by atoms with Crippen molar-refractivity contribution in [1.82, 2.24) is 0 Å². The van der Waals surface area contributed by atoms with E-state index in [2.05, 4.69) is 0 Å². The van der Waals surface area contributed by atoms with Gasteiger partial charge >= 0.3 is 5.97 Å². The molecule has 0 radical (unpaired) electrons. The molecule has 0 saturated carbocycles. The molecule has 1 atom stereocenters. The van der Waals surface area contributed by atoms with E-state index in [1.54, 1.807) is 18.2 Å². The lowest BCUT2D eigenvalue weighted by molar-refractivity contribution is -0.138. The number of benzene rings is 1. The van der Waals surface area contributed by atoms with Crippen LogP contribution in [0.4, 0.5) is 0 Å². The lowest BCUT2D eigenvalue weighted by atomic mass is 10.1. The number of sulfone groups is 1. The second-order valence-corrected chi connectivity index (χ2v) is 6.66. The fourth-order valence-electron chi connectivity index (χ4n) is 1.85. The van der Waals surface area contributed by atoms with Gasteiger partial charge in [0.2, 0.25) is 0 Å². The summed E-state index contributed by atoms with van der Waals surface area (Å²) in [5.74, 6) is -1.15. The van der Waals surface area contributed by atoms with Crippen molar-refractivity contribution < 1.29 is 23.1 Å². The van der Waals surface area contributed by atoms with Crippen molar-refractivity contribution in [2.75, 3.05) is 13.2 Å². The van der Waals surface area contributed by atoms with Crippen molar-refractivity contribution in [3.8, 4) is 0 Å². The topological polar surface area (TPSA) is 107 Å². The fraction of sp³-hybridized carbons (Fsp3) is 0.417. The number of ether oxygens (including phenoxy) is 1. The molecule has 7 heteroatoms. The van der Waals surface area contributed by atoms with Crippen LogP contribution in [0.25, 0.3) is 0 Å². The van der Waals surface area contributed by atoms with Crippen molar-refractivity contribution in [1.29, 1.82) is 0 Å². The third-order valence-corrected chi connectivity index (χ3v) is 5.24. The zero-order valence-electron chi connectivity index (χ0n) is 10.2. The summed E-state index contributed by atoms with van der Waals surface area (Å²) in [6.45, 7) is 0.364. The molecule has 1 aliphatic heterocycles. The van der Waals surface area contributed by atoms with Gasteiger partial charge in [0.15, 0.2) is 9.84 Å². The molecule has 1 fully saturated rings. The molecule has 1 aliphatic rings. The number of carboxylic acid groups (broad SMARTS) is 1. The standard InChI is InChI=1S/C12H15NO5S/c13-10(12(14)15)5-8-3-1-2-4-11(8)19(16,17)9-6-18-7-9/h1-4,9-10H,5-7,13H2,(H,14,15). The monoisotopic (exact) mass is 285 g/mol. The van der Waals surface area contributed by atoms with Crippen LogP contribution in [0.3, 0.4) is 0 Å². The molecule has 0 bridgehead atoms. The summed E-state index contributed by atoms with van der Waals surface area (Å²) < 4.78 is 29.5. The Hall–Kier alpha value is -1.44. The lowest BCUT2D eigenvalue weighted by Crippen LogP contribution is -2.41. The maximum absolute atomic E-state index is 12.3. The van der Waals surface area contributed by atoms with Crippen LogP contribution >= 0.6 is 0 Å². The number of nitrogens with two attached hydrogens (primary N) is 1. The van der Waals surface area contributed by atoms with E-state index in [9.17, 15) is 13.2 Å². The molecule has 1 saturated heterocycles. The molecular formula is C12H15NO5S. The molecule has 6 nitrogen and oxygen atoms in total. The van der Waals surface area contributed by atoms with Crippen LogP contribution in [0.1, 0.15) is 5.56 Å². The van der Waals surface area contributed by atoms with Gasteiger partial charge in [-0.3, -0.25) is 4.79 Å². The Kier molecular flexibility index (Phi) is 3.88. The summed E-state index contributed by atoms with van der Waals surface area (Å²) in [6.07, 6.45) is -0.0156. The zero-order valence-corrected chi connectivity index (χ0v) is 11.0. The molecule has 0 amide bonds. The second-order valence-electron chi connectivity index (χ2n) is 4.46. The Balaban J connectivity index is 2.33. The zero-order chi connectivity index (χ0) is 14.0. The third kappa shape index (κ3) is 2.78. The van der Waals surface area contributed by atoms with Gasteiger partial charge in [0.25, 0.3) is 0 Å². The first kappa shape index (κ1) is 14.0. The lowest BCUT2D eigenvalue weighted by Gasteiger charge is -2.26. The molecule has 0 aromatic heterocycles. The Bertz CT molecular complexity index is 580. The number of carbonyl (C=O) groups is 1. The Morgan fingerprint density at radius 3 is 2.58 bits per heavy atom. The molecular weight excluding hydrogens is 270 g/mol. The highest BCUT2D eigenvalue weighted by molar-refractivity contribution is 7.92. The first-order valence-electron chi connectivity index (χ1n) is 5.81. The normalized spacial score (nSPS) is 17.7. The smallest absolute Gasteiger partial charge is 0.320 e. The molecule has 1 aromatic carbocycles. The van der Waals surface area contributed by atoms with Crippen LogP contribution in [-0.4, -0.2) is 44.0 Å². The number of carboxylic acids is 1. The van der Waals surface area contributed by atoms with Gasteiger partial charge in [-0.25, -0.2) is 8.42 Å². The number of rotatable bonds is 5. The Labute approximate surface area is 111 Å². The summed E-state index contributed by atoms with van der Waals surface area (Å²) in [5, 5.41) is 8.26. The highest BCUT2D eigenvalue weighted by Crippen LogP contribution is 2.25. The minimum atomic E-state index is -3.48. The fourth-order valence-corrected chi connectivity index (χ4v) is 3.54. The van der Waals surface area contributed by atoms with Crippen molar-refractivity contribution in [3.05, 3.63) is 29.8 Å². The largest absolute Gasteiger partial charge is 0.480 e. The van der Waals surface area contributed by atoms with Gasteiger partial charge in [0.1, 0.15) is 11.3 Å².